The van der Waals surface area contributed by atoms with Crippen molar-refractivity contribution in [1.29, 1.82) is 0 Å². The van der Waals surface area contributed by atoms with Crippen molar-refractivity contribution in [1.82, 2.24) is 9.88 Å². The van der Waals surface area contributed by atoms with E-state index in [4.69, 9.17) is 13.9 Å². The zero-order valence-electron chi connectivity index (χ0n) is 15.5. The Morgan fingerprint density at radius 3 is 2.89 bits per heavy atom. The summed E-state index contributed by atoms with van der Waals surface area (Å²) in [5, 5.41) is 2.22. The maximum Gasteiger partial charge on any atom is 0.276 e. The van der Waals surface area contributed by atoms with E-state index < -0.39 is 0 Å². The molecule has 1 aliphatic rings. The van der Waals surface area contributed by atoms with Crippen molar-refractivity contribution in [3.05, 3.63) is 59.8 Å². The Morgan fingerprint density at radius 2 is 2.07 bits per heavy atom. The van der Waals surface area contributed by atoms with E-state index in [2.05, 4.69) is 17.1 Å². The van der Waals surface area contributed by atoms with Gasteiger partial charge in [0.15, 0.2) is 12.1 Å². The zero-order chi connectivity index (χ0) is 18.8. The van der Waals surface area contributed by atoms with Crippen LogP contribution in [0.1, 0.15) is 34.8 Å². The van der Waals surface area contributed by atoms with Gasteiger partial charge in [0.25, 0.3) is 5.91 Å². The fourth-order valence-corrected chi connectivity index (χ4v) is 3.45. The Morgan fingerprint density at radius 1 is 1.26 bits per heavy atom. The number of methoxy groups -OCH3 is 1. The van der Waals surface area contributed by atoms with Crippen LogP contribution in [0.3, 0.4) is 0 Å². The largest absolute Gasteiger partial charge is 0.497 e. The molecule has 27 heavy (non-hydrogen) atoms. The molecule has 1 amide bonds. The number of hydrogen-bond acceptors (Lipinski definition) is 5. The first kappa shape index (κ1) is 17.5. The standard InChI is InChI=1S/C21H22N2O4/c1-3-18-20(22-13-27-18)21(24)23-8-9-26-19(12-23)16-5-4-15-11-17(25-2)7-6-14(15)10-16/h4-7,10-11,13,19H,3,8-9,12H2,1-2H3/t19-/m1/s1. The third kappa shape index (κ3) is 3.40. The molecular weight excluding hydrogens is 344 g/mol. The lowest BCUT2D eigenvalue weighted by Crippen LogP contribution is -2.42. The molecule has 0 radical (unpaired) electrons. The Kier molecular flexibility index (Phi) is 4.81. The van der Waals surface area contributed by atoms with Crippen LogP contribution >= 0.6 is 0 Å². The highest BCUT2D eigenvalue weighted by Gasteiger charge is 2.29. The van der Waals surface area contributed by atoms with Crippen molar-refractivity contribution in [3.8, 4) is 5.75 Å². The predicted octanol–water partition coefficient (Wildman–Crippen LogP) is 3.61. The highest BCUT2D eigenvalue weighted by atomic mass is 16.5. The van der Waals surface area contributed by atoms with Gasteiger partial charge in [0.2, 0.25) is 0 Å². The number of benzene rings is 2. The molecule has 2 heterocycles. The van der Waals surface area contributed by atoms with Crippen molar-refractivity contribution < 1.29 is 18.7 Å². The normalized spacial score (nSPS) is 17.3. The molecule has 0 aliphatic carbocycles. The van der Waals surface area contributed by atoms with E-state index >= 15 is 0 Å². The number of aryl methyl sites for hydroxylation is 1. The number of nitrogens with zero attached hydrogens (tertiary/aromatic N) is 2. The molecular formula is C21H22N2O4. The number of hydrogen-bond donors (Lipinski definition) is 0. The Bertz CT molecular complexity index is 966. The fourth-order valence-electron chi connectivity index (χ4n) is 3.45. The van der Waals surface area contributed by atoms with Gasteiger partial charge in [-0.15, -0.1) is 0 Å². The second-order valence-corrected chi connectivity index (χ2v) is 6.56. The van der Waals surface area contributed by atoms with Crippen LogP contribution in [0.15, 0.2) is 47.2 Å². The van der Waals surface area contributed by atoms with E-state index in [1.807, 2.05) is 31.2 Å². The lowest BCUT2D eigenvalue weighted by atomic mass is 10.0. The van der Waals surface area contributed by atoms with Crippen LogP contribution in [0.4, 0.5) is 0 Å². The summed E-state index contributed by atoms with van der Waals surface area (Å²) >= 11 is 0. The third-order valence-corrected chi connectivity index (χ3v) is 4.96. The summed E-state index contributed by atoms with van der Waals surface area (Å²) in [4.78, 5) is 18.7. The predicted molar refractivity (Wildman–Crippen MR) is 101 cm³/mol. The molecule has 1 aromatic heterocycles. The minimum absolute atomic E-state index is 0.0978. The smallest absolute Gasteiger partial charge is 0.276 e. The van der Waals surface area contributed by atoms with Gasteiger partial charge in [0.05, 0.1) is 20.3 Å². The molecule has 0 unspecified atom stereocenters. The second-order valence-electron chi connectivity index (χ2n) is 6.56. The summed E-state index contributed by atoms with van der Waals surface area (Å²) in [5.74, 6) is 1.36. The van der Waals surface area contributed by atoms with Gasteiger partial charge in [-0.3, -0.25) is 4.79 Å². The van der Waals surface area contributed by atoms with Crippen LogP contribution in [0.2, 0.25) is 0 Å². The lowest BCUT2D eigenvalue weighted by Gasteiger charge is -2.33. The first-order valence-electron chi connectivity index (χ1n) is 9.10. The molecule has 6 heteroatoms. The van der Waals surface area contributed by atoms with E-state index in [9.17, 15) is 4.79 Å². The molecule has 1 aliphatic heterocycles. The zero-order valence-corrected chi connectivity index (χ0v) is 15.5. The number of carbonyl (C=O) groups excluding carboxylic acids is 1. The minimum Gasteiger partial charge on any atom is -0.497 e. The average Bonchev–Trinajstić information content (AvgIpc) is 3.21. The quantitative estimate of drug-likeness (QED) is 0.706. The molecule has 6 nitrogen and oxygen atoms in total. The van der Waals surface area contributed by atoms with Gasteiger partial charge in [0.1, 0.15) is 17.6 Å². The monoisotopic (exact) mass is 366 g/mol. The van der Waals surface area contributed by atoms with Crippen LogP contribution < -0.4 is 4.74 Å². The minimum atomic E-state index is -0.161. The van der Waals surface area contributed by atoms with Crippen LogP contribution in [-0.4, -0.2) is 42.6 Å². The maximum atomic E-state index is 12.8. The van der Waals surface area contributed by atoms with Gasteiger partial charge in [-0.1, -0.05) is 25.1 Å². The van der Waals surface area contributed by atoms with E-state index in [0.29, 0.717) is 37.6 Å². The average molecular weight is 366 g/mol. The number of amides is 1. The molecule has 0 bridgehead atoms. The molecule has 0 saturated carbocycles. The molecule has 2 aromatic carbocycles. The van der Waals surface area contributed by atoms with Crippen molar-refractivity contribution in [2.75, 3.05) is 26.8 Å². The van der Waals surface area contributed by atoms with Crippen LogP contribution in [0.25, 0.3) is 10.8 Å². The summed E-state index contributed by atoms with van der Waals surface area (Å²) in [6, 6.07) is 12.2. The molecule has 1 fully saturated rings. The third-order valence-electron chi connectivity index (χ3n) is 4.96. The van der Waals surface area contributed by atoms with Crippen LogP contribution in [-0.2, 0) is 11.2 Å². The van der Waals surface area contributed by atoms with E-state index in [1.165, 1.54) is 6.39 Å². The Hall–Kier alpha value is -2.86. The van der Waals surface area contributed by atoms with Gasteiger partial charge in [-0.25, -0.2) is 4.98 Å². The van der Waals surface area contributed by atoms with Gasteiger partial charge >= 0.3 is 0 Å². The Labute approximate surface area is 157 Å². The van der Waals surface area contributed by atoms with Crippen LogP contribution in [0.5, 0.6) is 5.75 Å². The number of rotatable bonds is 4. The van der Waals surface area contributed by atoms with Gasteiger partial charge in [-0.2, -0.15) is 0 Å². The highest BCUT2D eigenvalue weighted by molar-refractivity contribution is 5.93. The molecule has 1 atom stereocenters. The molecule has 4 rings (SSSR count). The first-order chi connectivity index (χ1) is 13.2. The van der Waals surface area contributed by atoms with Crippen molar-refractivity contribution in [2.45, 2.75) is 19.4 Å². The molecule has 140 valence electrons. The summed E-state index contributed by atoms with van der Waals surface area (Å²) in [6.07, 6.45) is 1.82. The molecule has 0 N–H and O–H groups in total. The Balaban J connectivity index is 1.56. The number of morpholine rings is 1. The maximum absolute atomic E-state index is 12.8. The highest BCUT2D eigenvalue weighted by Crippen LogP contribution is 2.28. The SMILES string of the molecule is CCc1ocnc1C(=O)N1CCO[C@@H](c2ccc3cc(OC)ccc3c2)C1. The number of fused-ring (bicyclic) bond motifs is 1. The number of aromatic nitrogens is 1. The topological polar surface area (TPSA) is 64.8 Å². The number of oxazole rings is 1. The summed E-state index contributed by atoms with van der Waals surface area (Å²) in [6.45, 7) is 3.49. The van der Waals surface area contributed by atoms with Crippen molar-refractivity contribution in [2.24, 2.45) is 0 Å². The van der Waals surface area contributed by atoms with E-state index in [1.54, 1.807) is 12.0 Å². The number of ether oxygens (including phenoxy) is 2. The van der Waals surface area contributed by atoms with Gasteiger partial charge in [0, 0.05) is 13.0 Å². The fraction of sp³-hybridized carbons (Fsp3) is 0.333. The lowest BCUT2D eigenvalue weighted by molar-refractivity contribution is -0.0230. The van der Waals surface area contributed by atoms with E-state index in [0.717, 1.165) is 22.1 Å². The van der Waals surface area contributed by atoms with Gasteiger partial charge < -0.3 is 18.8 Å². The summed E-state index contributed by atoms with van der Waals surface area (Å²) in [5.41, 5.74) is 1.46. The first-order valence-corrected chi connectivity index (χ1v) is 9.10. The van der Waals surface area contributed by atoms with Crippen molar-refractivity contribution in [3.63, 3.8) is 0 Å². The van der Waals surface area contributed by atoms with Gasteiger partial charge in [-0.05, 0) is 34.5 Å². The van der Waals surface area contributed by atoms with E-state index in [-0.39, 0.29) is 12.0 Å². The number of carbonyl (C=O) groups is 1. The molecule has 3 aromatic rings. The summed E-state index contributed by atoms with van der Waals surface area (Å²) < 4.78 is 16.5. The van der Waals surface area contributed by atoms with Crippen molar-refractivity contribution >= 4 is 16.7 Å². The molecule has 1 saturated heterocycles. The second kappa shape index (κ2) is 7.40. The van der Waals surface area contributed by atoms with Crippen LogP contribution in [0, 0.1) is 0 Å². The molecule has 0 spiro atoms. The summed E-state index contributed by atoms with van der Waals surface area (Å²) in [7, 11) is 1.66.